The Morgan fingerprint density at radius 1 is 1.35 bits per heavy atom. The fourth-order valence-electron chi connectivity index (χ4n) is 1.53. The summed E-state index contributed by atoms with van der Waals surface area (Å²) in [5.74, 6) is -0.00926. The molecule has 0 spiro atoms. The normalized spacial score (nSPS) is 10.8. The molecule has 0 saturated heterocycles. The number of aromatic nitrogens is 1. The number of ether oxygens (including phenoxy) is 1. The van der Waals surface area contributed by atoms with Crippen LogP contribution in [0.2, 0.25) is 0 Å². The zero-order chi connectivity index (χ0) is 12.4. The Labute approximate surface area is 94.5 Å². The summed E-state index contributed by atoms with van der Waals surface area (Å²) in [6.45, 7) is 0. The molecule has 1 N–H and O–H groups in total. The van der Waals surface area contributed by atoms with Crippen molar-refractivity contribution in [3.8, 4) is 5.75 Å². The summed E-state index contributed by atoms with van der Waals surface area (Å²) in [7, 11) is 0. The molecular weight excluding hydrogens is 232 g/mol. The third kappa shape index (κ3) is 2.15. The lowest BCUT2D eigenvalue weighted by atomic mass is 10.1. The molecule has 1 heterocycles. The Bertz CT molecular complexity index is 572. The molecule has 1 aromatic carbocycles. The van der Waals surface area contributed by atoms with Gasteiger partial charge in [-0.15, -0.1) is 0 Å². The van der Waals surface area contributed by atoms with Gasteiger partial charge in [-0.1, -0.05) is 0 Å². The third-order valence-corrected chi connectivity index (χ3v) is 2.19. The first kappa shape index (κ1) is 11.3. The van der Waals surface area contributed by atoms with Crippen molar-refractivity contribution in [3.05, 3.63) is 36.0 Å². The van der Waals surface area contributed by atoms with Gasteiger partial charge in [0, 0.05) is 17.1 Å². The Morgan fingerprint density at radius 2 is 2.12 bits per heavy atom. The first-order chi connectivity index (χ1) is 8.09. The highest BCUT2D eigenvalue weighted by Crippen LogP contribution is 2.32. The summed E-state index contributed by atoms with van der Waals surface area (Å²) in [5.41, 5.74) is -0.209. The lowest BCUT2D eigenvalue weighted by Crippen LogP contribution is -2.04. The zero-order valence-electron chi connectivity index (χ0n) is 8.43. The minimum Gasteiger partial charge on any atom is -0.449 e. The molecule has 0 aliphatic carbocycles. The summed E-state index contributed by atoms with van der Waals surface area (Å²) >= 11 is 0. The van der Waals surface area contributed by atoms with E-state index in [4.69, 9.17) is 5.11 Å². The van der Waals surface area contributed by atoms with Crippen molar-refractivity contribution in [1.82, 2.24) is 4.98 Å². The molecule has 0 aliphatic rings. The molecule has 1 aromatic heterocycles. The third-order valence-electron chi connectivity index (χ3n) is 2.19. The molecule has 0 fully saturated rings. The highest BCUT2D eigenvalue weighted by atomic mass is 19.3. The molecule has 2 rings (SSSR count). The summed E-state index contributed by atoms with van der Waals surface area (Å²) in [6, 6.07) is 5.30. The van der Waals surface area contributed by atoms with Crippen LogP contribution in [0.3, 0.4) is 0 Å². The van der Waals surface area contributed by atoms with Crippen molar-refractivity contribution in [2.24, 2.45) is 0 Å². The molecule has 0 bridgehead atoms. The van der Waals surface area contributed by atoms with E-state index in [0.29, 0.717) is 0 Å². The summed E-state index contributed by atoms with van der Waals surface area (Å²) in [5, 5.41) is 8.76. The van der Waals surface area contributed by atoms with Crippen LogP contribution in [0.5, 0.6) is 5.75 Å². The van der Waals surface area contributed by atoms with E-state index in [-0.39, 0.29) is 22.2 Å². The average Bonchev–Trinajstić information content (AvgIpc) is 2.28. The Balaban J connectivity index is 2.66. The molecule has 88 valence electrons. The van der Waals surface area contributed by atoms with Gasteiger partial charge < -0.3 is 9.84 Å². The molecule has 4 nitrogen and oxygen atoms in total. The van der Waals surface area contributed by atoms with Crippen LogP contribution >= 0.6 is 0 Å². The number of carbonyl (C=O) groups is 1. The van der Waals surface area contributed by atoms with E-state index in [1.165, 1.54) is 24.4 Å². The van der Waals surface area contributed by atoms with Crippen LogP contribution in [0.25, 0.3) is 10.9 Å². The fraction of sp³-hybridized carbons (Fsp3) is 0.0909. The van der Waals surface area contributed by atoms with Gasteiger partial charge in [0.15, 0.2) is 0 Å². The van der Waals surface area contributed by atoms with E-state index in [1.54, 1.807) is 0 Å². The lowest BCUT2D eigenvalue weighted by Gasteiger charge is -2.08. The molecule has 6 heteroatoms. The summed E-state index contributed by atoms with van der Waals surface area (Å²) in [4.78, 5) is 14.3. The SMILES string of the molecule is O=C(O)Oc1ccc(C(F)F)c2ncccc12. The predicted octanol–water partition coefficient (Wildman–Crippen LogP) is 3.23. The predicted molar refractivity (Wildman–Crippen MR) is 55.4 cm³/mol. The van der Waals surface area contributed by atoms with Gasteiger partial charge in [0.1, 0.15) is 5.75 Å². The molecular formula is C11H7F2NO3. The number of hydrogen-bond donors (Lipinski definition) is 1. The number of hydrogen-bond acceptors (Lipinski definition) is 3. The first-order valence-corrected chi connectivity index (χ1v) is 4.66. The van der Waals surface area contributed by atoms with Crippen LogP contribution in [-0.2, 0) is 0 Å². The van der Waals surface area contributed by atoms with Crippen molar-refractivity contribution in [1.29, 1.82) is 0 Å². The maximum Gasteiger partial charge on any atom is 0.511 e. The molecule has 0 unspecified atom stereocenters. The van der Waals surface area contributed by atoms with Gasteiger partial charge >= 0.3 is 6.16 Å². The van der Waals surface area contributed by atoms with E-state index in [9.17, 15) is 13.6 Å². The second kappa shape index (κ2) is 4.32. The van der Waals surface area contributed by atoms with Crippen LogP contribution in [0.15, 0.2) is 30.5 Å². The smallest absolute Gasteiger partial charge is 0.449 e. The van der Waals surface area contributed by atoms with Crippen molar-refractivity contribution >= 4 is 17.1 Å². The van der Waals surface area contributed by atoms with Gasteiger partial charge in [-0.2, -0.15) is 0 Å². The number of nitrogens with zero attached hydrogens (tertiary/aromatic N) is 1. The number of pyridine rings is 1. The zero-order valence-corrected chi connectivity index (χ0v) is 8.43. The van der Waals surface area contributed by atoms with Gasteiger partial charge in [-0.3, -0.25) is 4.98 Å². The maximum atomic E-state index is 12.7. The van der Waals surface area contributed by atoms with Gasteiger partial charge in [-0.25, -0.2) is 13.6 Å². The van der Waals surface area contributed by atoms with Gasteiger partial charge in [0.25, 0.3) is 6.43 Å². The molecule has 0 radical (unpaired) electrons. The van der Waals surface area contributed by atoms with Gasteiger partial charge in [-0.05, 0) is 24.3 Å². The van der Waals surface area contributed by atoms with Gasteiger partial charge in [0.2, 0.25) is 0 Å². The quantitative estimate of drug-likeness (QED) is 0.645. The molecule has 0 aliphatic heterocycles. The fourth-order valence-corrected chi connectivity index (χ4v) is 1.53. The average molecular weight is 239 g/mol. The van der Waals surface area contributed by atoms with Crippen LogP contribution < -0.4 is 4.74 Å². The molecule has 0 amide bonds. The Kier molecular flexibility index (Phi) is 2.86. The Hall–Kier alpha value is -2.24. The second-order valence-electron chi connectivity index (χ2n) is 3.22. The van der Waals surface area contributed by atoms with Crippen LogP contribution in [0.1, 0.15) is 12.0 Å². The number of alkyl halides is 2. The van der Waals surface area contributed by atoms with E-state index in [1.807, 2.05) is 0 Å². The van der Waals surface area contributed by atoms with E-state index < -0.39 is 12.6 Å². The van der Waals surface area contributed by atoms with Crippen LogP contribution in [0.4, 0.5) is 13.6 Å². The number of fused-ring (bicyclic) bond motifs is 1. The van der Waals surface area contributed by atoms with Crippen molar-refractivity contribution < 1.29 is 23.4 Å². The summed E-state index contributed by atoms with van der Waals surface area (Å²) < 4.78 is 29.9. The molecule has 2 aromatic rings. The standard InChI is InChI=1S/C11H7F2NO3/c12-10(13)7-3-4-8(17-11(15)16)6-2-1-5-14-9(6)7/h1-5,10H,(H,15,16). The molecule has 0 atom stereocenters. The second-order valence-corrected chi connectivity index (χ2v) is 3.22. The monoisotopic (exact) mass is 239 g/mol. The first-order valence-electron chi connectivity index (χ1n) is 4.66. The number of carboxylic acid groups (broad SMARTS) is 1. The number of benzene rings is 1. The Morgan fingerprint density at radius 3 is 2.76 bits per heavy atom. The van der Waals surface area contributed by atoms with E-state index in [2.05, 4.69) is 9.72 Å². The maximum absolute atomic E-state index is 12.7. The minimum absolute atomic E-state index is 0.00926. The largest absolute Gasteiger partial charge is 0.511 e. The minimum atomic E-state index is -2.67. The van der Waals surface area contributed by atoms with Gasteiger partial charge in [0.05, 0.1) is 5.52 Å². The number of halogens is 2. The van der Waals surface area contributed by atoms with Crippen LogP contribution in [0, 0.1) is 0 Å². The van der Waals surface area contributed by atoms with Crippen molar-refractivity contribution in [3.63, 3.8) is 0 Å². The highest BCUT2D eigenvalue weighted by molar-refractivity contribution is 5.89. The number of rotatable bonds is 2. The van der Waals surface area contributed by atoms with E-state index in [0.717, 1.165) is 6.07 Å². The van der Waals surface area contributed by atoms with Crippen molar-refractivity contribution in [2.45, 2.75) is 6.43 Å². The molecule has 17 heavy (non-hydrogen) atoms. The van der Waals surface area contributed by atoms with Crippen LogP contribution in [-0.4, -0.2) is 16.2 Å². The topological polar surface area (TPSA) is 59.4 Å². The summed E-state index contributed by atoms with van der Waals surface area (Å²) in [6.07, 6.45) is -2.81. The van der Waals surface area contributed by atoms with E-state index >= 15 is 0 Å². The van der Waals surface area contributed by atoms with Crippen molar-refractivity contribution in [2.75, 3.05) is 0 Å². The lowest BCUT2D eigenvalue weighted by molar-refractivity contribution is 0.145. The molecule has 0 saturated carbocycles. The highest BCUT2D eigenvalue weighted by Gasteiger charge is 2.16.